The number of hydrogen-bond acceptors (Lipinski definition) is 1. The second kappa shape index (κ2) is 4.61. The van der Waals surface area contributed by atoms with Crippen LogP contribution in [0.15, 0.2) is 12.3 Å². The first-order valence-electron chi connectivity index (χ1n) is 4.75. The standard InChI is InChI=1S/C11H16ClN/c1-4-8(2)7-10-5-6-13-9(3)11(10)12/h5-6,8H,4,7H2,1-3H3. The Morgan fingerprint density at radius 1 is 1.54 bits per heavy atom. The Balaban J connectivity index is 2.83. The fraction of sp³-hybridized carbons (Fsp3) is 0.545. The highest BCUT2D eigenvalue weighted by atomic mass is 35.5. The third-order valence-electron chi connectivity index (χ3n) is 2.41. The van der Waals surface area contributed by atoms with E-state index in [2.05, 4.69) is 18.8 Å². The fourth-order valence-electron chi connectivity index (χ4n) is 1.28. The molecule has 0 amide bonds. The molecule has 0 aromatic carbocycles. The van der Waals surface area contributed by atoms with Crippen LogP contribution in [0.1, 0.15) is 31.5 Å². The molecule has 1 nitrogen and oxygen atoms in total. The molecule has 0 aliphatic heterocycles. The number of halogens is 1. The van der Waals surface area contributed by atoms with E-state index >= 15 is 0 Å². The topological polar surface area (TPSA) is 12.9 Å². The SMILES string of the molecule is CCC(C)Cc1ccnc(C)c1Cl. The average molecular weight is 198 g/mol. The molecule has 1 atom stereocenters. The summed E-state index contributed by atoms with van der Waals surface area (Å²) in [4.78, 5) is 4.14. The van der Waals surface area contributed by atoms with Gasteiger partial charge in [0.15, 0.2) is 0 Å². The third-order valence-corrected chi connectivity index (χ3v) is 2.93. The molecule has 0 fully saturated rings. The molecule has 72 valence electrons. The average Bonchev–Trinajstić information content (AvgIpc) is 2.13. The normalized spacial score (nSPS) is 12.9. The summed E-state index contributed by atoms with van der Waals surface area (Å²) in [5.74, 6) is 0.694. The van der Waals surface area contributed by atoms with Crippen molar-refractivity contribution in [1.82, 2.24) is 4.98 Å². The van der Waals surface area contributed by atoms with Crippen LogP contribution in [0.5, 0.6) is 0 Å². The van der Waals surface area contributed by atoms with E-state index in [4.69, 9.17) is 11.6 Å². The zero-order chi connectivity index (χ0) is 9.84. The number of hydrogen-bond donors (Lipinski definition) is 0. The van der Waals surface area contributed by atoms with Gasteiger partial charge in [0.2, 0.25) is 0 Å². The predicted molar refractivity (Wildman–Crippen MR) is 57.1 cm³/mol. The summed E-state index contributed by atoms with van der Waals surface area (Å²) in [6.45, 7) is 6.39. The van der Waals surface area contributed by atoms with Crippen LogP contribution in [-0.4, -0.2) is 4.98 Å². The van der Waals surface area contributed by atoms with E-state index in [9.17, 15) is 0 Å². The van der Waals surface area contributed by atoms with Gasteiger partial charge in [0.1, 0.15) is 0 Å². The largest absolute Gasteiger partial charge is 0.260 e. The summed E-state index contributed by atoms with van der Waals surface area (Å²) >= 11 is 6.13. The lowest BCUT2D eigenvalue weighted by Gasteiger charge is -2.10. The molecule has 0 radical (unpaired) electrons. The summed E-state index contributed by atoms with van der Waals surface area (Å²) in [5.41, 5.74) is 2.16. The second-order valence-corrected chi connectivity index (χ2v) is 3.96. The highest BCUT2D eigenvalue weighted by molar-refractivity contribution is 6.31. The van der Waals surface area contributed by atoms with Crippen LogP contribution < -0.4 is 0 Å². The van der Waals surface area contributed by atoms with E-state index < -0.39 is 0 Å². The van der Waals surface area contributed by atoms with Crippen LogP contribution in [0.3, 0.4) is 0 Å². The van der Waals surface area contributed by atoms with Crippen molar-refractivity contribution in [3.8, 4) is 0 Å². The van der Waals surface area contributed by atoms with Crippen molar-refractivity contribution in [3.05, 3.63) is 28.5 Å². The minimum Gasteiger partial charge on any atom is -0.260 e. The summed E-state index contributed by atoms with van der Waals surface area (Å²) in [6, 6.07) is 2.02. The summed E-state index contributed by atoms with van der Waals surface area (Å²) in [6.07, 6.45) is 4.08. The monoisotopic (exact) mass is 197 g/mol. The van der Waals surface area contributed by atoms with Crippen molar-refractivity contribution in [2.24, 2.45) is 5.92 Å². The highest BCUT2D eigenvalue weighted by Gasteiger charge is 2.06. The van der Waals surface area contributed by atoms with E-state index in [1.54, 1.807) is 0 Å². The number of rotatable bonds is 3. The van der Waals surface area contributed by atoms with E-state index in [1.165, 1.54) is 12.0 Å². The van der Waals surface area contributed by atoms with Gasteiger partial charge in [0.05, 0.1) is 10.7 Å². The molecule has 0 aliphatic carbocycles. The maximum atomic E-state index is 6.13. The lowest BCUT2D eigenvalue weighted by molar-refractivity contribution is 0.560. The summed E-state index contributed by atoms with van der Waals surface area (Å²) in [7, 11) is 0. The van der Waals surface area contributed by atoms with Crippen molar-refractivity contribution in [1.29, 1.82) is 0 Å². The Kier molecular flexibility index (Phi) is 3.73. The molecular formula is C11H16ClN. The number of pyridine rings is 1. The first-order valence-corrected chi connectivity index (χ1v) is 5.13. The molecule has 1 unspecified atom stereocenters. The second-order valence-electron chi connectivity index (χ2n) is 3.59. The van der Waals surface area contributed by atoms with Crippen LogP contribution in [-0.2, 0) is 6.42 Å². The molecule has 2 heteroatoms. The Labute approximate surface area is 85.1 Å². The molecule has 1 aromatic heterocycles. The molecular weight excluding hydrogens is 182 g/mol. The fourth-order valence-corrected chi connectivity index (χ4v) is 1.47. The van der Waals surface area contributed by atoms with E-state index in [0.717, 1.165) is 17.1 Å². The molecule has 0 saturated carbocycles. The molecule has 13 heavy (non-hydrogen) atoms. The lowest BCUT2D eigenvalue weighted by Crippen LogP contribution is -1.99. The van der Waals surface area contributed by atoms with Crippen molar-refractivity contribution in [2.45, 2.75) is 33.6 Å². The maximum Gasteiger partial charge on any atom is 0.0650 e. The maximum absolute atomic E-state index is 6.13. The van der Waals surface area contributed by atoms with Crippen molar-refractivity contribution < 1.29 is 0 Å². The smallest absolute Gasteiger partial charge is 0.0650 e. The van der Waals surface area contributed by atoms with Gasteiger partial charge in [0, 0.05) is 6.20 Å². The zero-order valence-corrected chi connectivity index (χ0v) is 9.23. The lowest BCUT2D eigenvalue weighted by atomic mass is 9.99. The van der Waals surface area contributed by atoms with Crippen LogP contribution >= 0.6 is 11.6 Å². The third kappa shape index (κ3) is 2.70. The Morgan fingerprint density at radius 3 is 2.85 bits per heavy atom. The Morgan fingerprint density at radius 2 is 2.23 bits per heavy atom. The molecule has 0 spiro atoms. The van der Waals surface area contributed by atoms with Crippen LogP contribution in [0.4, 0.5) is 0 Å². The van der Waals surface area contributed by atoms with Crippen LogP contribution in [0.2, 0.25) is 5.02 Å². The highest BCUT2D eigenvalue weighted by Crippen LogP contribution is 2.22. The Hall–Kier alpha value is -0.560. The number of aromatic nitrogens is 1. The van der Waals surface area contributed by atoms with Gasteiger partial charge in [-0.05, 0) is 30.9 Å². The zero-order valence-electron chi connectivity index (χ0n) is 8.47. The van der Waals surface area contributed by atoms with Gasteiger partial charge in [-0.3, -0.25) is 4.98 Å². The van der Waals surface area contributed by atoms with E-state index in [-0.39, 0.29) is 0 Å². The van der Waals surface area contributed by atoms with E-state index in [0.29, 0.717) is 5.92 Å². The van der Waals surface area contributed by atoms with Gasteiger partial charge < -0.3 is 0 Å². The van der Waals surface area contributed by atoms with Crippen molar-refractivity contribution >= 4 is 11.6 Å². The molecule has 0 saturated heterocycles. The van der Waals surface area contributed by atoms with Gasteiger partial charge in [-0.15, -0.1) is 0 Å². The summed E-state index contributed by atoms with van der Waals surface area (Å²) in [5, 5.41) is 0.836. The molecule has 0 N–H and O–H groups in total. The van der Waals surface area contributed by atoms with Gasteiger partial charge >= 0.3 is 0 Å². The molecule has 0 bridgehead atoms. The van der Waals surface area contributed by atoms with Gasteiger partial charge in [-0.25, -0.2) is 0 Å². The molecule has 1 heterocycles. The van der Waals surface area contributed by atoms with E-state index in [1.807, 2.05) is 19.2 Å². The van der Waals surface area contributed by atoms with Crippen LogP contribution in [0.25, 0.3) is 0 Å². The van der Waals surface area contributed by atoms with Crippen LogP contribution in [0, 0.1) is 12.8 Å². The predicted octanol–water partition coefficient (Wildman–Crippen LogP) is 3.63. The minimum atomic E-state index is 0.694. The molecule has 1 aromatic rings. The van der Waals surface area contributed by atoms with Gasteiger partial charge in [0.25, 0.3) is 0 Å². The first kappa shape index (κ1) is 10.5. The van der Waals surface area contributed by atoms with Gasteiger partial charge in [-0.1, -0.05) is 31.9 Å². The molecule has 0 aliphatic rings. The number of aryl methyl sites for hydroxylation is 1. The van der Waals surface area contributed by atoms with Gasteiger partial charge in [-0.2, -0.15) is 0 Å². The van der Waals surface area contributed by atoms with Crippen molar-refractivity contribution in [3.63, 3.8) is 0 Å². The number of nitrogens with zero attached hydrogens (tertiary/aromatic N) is 1. The summed E-state index contributed by atoms with van der Waals surface area (Å²) < 4.78 is 0. The first-order chi connectivity index (χ1) is 6.15. The molecule has 1 rings (SSSR count). The Bertz CT molecular complexity index is 283. The minimum absolute atomic E-state index is 0.694. The quantitative estimate of drug-likeness (QED) is 0.721. The van der Waals surface area contributed by atoms with Crippen molar-refractivity contribution in [2.75, 3.05) is 0 Å².